The highest BCUT2D eigenvalue weighted by atomic mass is 19.1. The van der Waals surface area contributed by atoms with Crippen molar-refractivity contribution in [1.82, 2.24) is 5.32 Å². The smallest absolute Gasteiger partial charge is 0.328 e. The number of hydrogen-bond donors (Lipinski definition) is 2. The maximum absolute atomic E-state index is 13.8. The van der Waals surface area contributed by atoms with Crippen LogP contribution in [-0.4, -0.2) is 37.1 Å². The first-order valence-electron chi connectivity index (χ1n) is 7.57. The summed E-state index contributed by atoms with van der Waals surface area (Å²) >= 11 is 0. The number of ether oxygens (including phenoxy) is 2. The fourth-order valence-electron chi connectivity index (χ4n) is 1.94. The number of hydrogen-bond acceptors (Lipinski definition) is 6. The number of nitrogens with one attached hydrogen (secondary N) is 1. The molecule has 7 nitrogen and oxygen atoms in total. The fourth-order valence-corrected chi connectivity index (χ4v) is 1.94. The molecule has 1 atom stereocenters. The first-order chi connectivity index (χ1) is 11.4. The van der Waals surface area contributed by atoms with Crippen molar-refractivity contribution in [2.75, 3.05) is 18.9 Å². The summed E-state index contributed by atoms with van der Waals surface area (Å²) < 4.78 is 23.4. The maximum Gasteiger partial charge on any atom is 0.328 e. The van der Waals surface area contributed by atoms with Gasteiger partial charge >= 0.3 is 11.9 Å². The number of esters is 2. The van der Waals surface area contributed by atoms with Crippen molar-refractivity contribution in [3.8, 4) is 0 Å². The van der Waals surface area contributed by atoms with E-state index in [-0.39, 0.29) is 37.3 Å². The summed E-state index contributed by atoms with van der Waals surface area (Å²) in [7, 11) is 0. The number of halogens is 1. The Kier molecular flexibility index (Phi) is 7.67. The molecule has 0 aliphatic carbocycles. The van der Waals surface area contributed by atoms with Crippen LogP contribution in [0.15, 0.2) is 18.2 Å². The van der Waals surface area contributed by atoms with Crippen molar-refractivity contribution in [1.29, 1.82) is 0 Å². The topological polar surface area (TPSA) is 108 Å². The molecule has 3 N–H and O–H groups in total. The summed E-state index contributed by atoms with van der Waals surface area (Å²) in [5.41, 5.74) is 5.35. The van der Waals surface area contributed by atoms with Crippen molar-refractivity contribution in [2.45, 2.75) is 32.7 Å². The molecule has 0 bridgehead atoms. The highest BCUT2D eigenvalue weighted by molar-refractivity contribution is 5.97. The van der Waals surface area contributed by atoms with Gasteiger partial charge in [-0.25, -0.2) is 9.18 Å². The molecule has 0 saturated heterocycles. The van der Waals surface area contributed by atoms with Gasteiger partial charge in [0.05, 0.1) is 18.8 Å². The number of carbonyl (C=O) groups is 3. The number of amides is 1. The van der Waals surface area contributed by atoms with Crippen LogP contribution >= 0.6 is 0 Å². The van der Waals surface area contributed by atoms with Gasteiger partial charge in [-0.05, 0) is 38.5 Å². The Labute approximate surface area is 139 Å². The van der Waals surface area contributed by atoms with Crippen LogP contribution < -0.4 is 11.1 Å². The Morgan fingerprint density at radius 3 is 2.46 bits per heavy atom. The van der Waals surface area contributed by atoms with Gasteiger partial charge in [0.1, 0.15) is 11.9 Å². The van der Waals surface area contributed by atoms with E-state index in [1.807, 2.05) is 0 Å². The first kappa shape index (κ1) is 19.4. The van der Waals surface area contributed by atoms with Crippen molar-refractivity contribution >= 4 is 23.5 Å². The van der Waals surface area contributed by atoms with E-state index in [1.165, 1.54) is 12.1 Å². The van der Waals surface area contributed by atoms with Crippen molar-refractivity contribution < 1.29 is 28.2 Å². The molecule has 1 amide bonds. The molecule has 0 radical (unpaired) electrons. The van der Waals surface area contributed by atoms with Crippen LogP contribution in [-0.2, 0) is 19.1 Å². The molecule has 1 rings (SSSR count). The molecule has 0 aliphatic rings. The van der Waals surface area contributed by atoms with Gasteiger partial charge in [-0.1, -0.05) is 0 Å². The monoisotopic (exact) mass is 340 g/mol. The minimum absolute atomic E-state index is 0.0139. The average Bonchev–Trinajstić information content (AvgIpc) is 2.51. The molecular formula is C16H21FN2O5. The van der Waals surface area contributed by atoms with Crippen LogP contribution in [0.2, 0.25) is 0 Å². The molecule has 8 heteroatoms. The summed E-state index contributed by atoms with van der Waals surface area (Å²) in [6.45, 7) is 3.60. The molecule has 0 heterocycles. The molecule has 24 heavy (non-hydrogen) atoms. The highest BCUT2D eigenvalue weighted by Crippen LogP contribution is 2.13. The lowest BCUT2D eigenvalue weighted by molar-refractivity contribution is -0.146. The molecule has 1 aromatic carbocycles. The summed E-state index contributed by atoms with van der Waals surface area (Å²) in [5, 5.41) is 2.37. The van der Waals surface area contributed by atoms with Gasteiger partial charge in [0.2, 0.25) is 0 Å². The van der Waals surface area contributed by atoms with E-state index in [1.54, 1.807) is 13.8 Å². The second-order valence-electron chi connectivity index (χ2n) is 4.86. The largest absolute Gasteiger partial charge is 0.466 e. The van der Waals surface area contributed by atoms with Gasteiger partial charge in [-0.2, -0.15) is 0 Å². The van der Waals surface area contributed by atoms with Crippen LogP contribution in [0.1, 0.15) is 37.0 Å². The van der Waals surface area contributed by atoms with Crippen molar-refractivity contribution in [3.63, 3.8) is 0 Å². The second-order valence-corrected chi connectivity index (χ2v) is 4.86. The molecule has 0 fully saturated rings. The third kappa shape index (κ3) is 5.86. The number of nitrogens with two attached hydrogens (primary N) is 1. The molecule has 0 unspecified atom stereocenters. The number of rotatable bonds is 8. The zero-order valence-electron chi connectivity index (χ0n) is 13.6. The number of nitrogen functional groups attached to an aromatic ring is 1. The molecule has 0 saturated carbocycles. The SMILES string of the molecule is CCOC(=O)CC[C@H](NC(=O)c1ccc(N)cc1F)C(=O)OCC. The van der Waals surface area contributed by atoms with Crippen molar-refractivity contribution in [3.05, 3.63) is 29.6 Å². The molecule has 132 valence electrons. The zero-order valence-corrected chi connectivity index (χ0v) is 13.6. The van der Waals surface area contributed by atoms with Crippen LogP contribution in [0.3, 0.4) is 0 Å². The minimum atomic E-state index is -1.08. The summed E-state index contributed by atoms with van der Waals surface area (Å²) in [5.74, 6) is -2.80. The molecule has 0 aliphatic heterocycles. The van der Waals surface area contributed by atoms with E-state index < -0.39 is 29.7 Å². The normalized spacial score (nSPS) is 11.5. The van der Waals surface area contributed by atoms with Gasteiger partial charge in [-0.3, -0.25) is 9.59 Å². The Hall–Kier alpha value is -2.64. The van der Waals surface area contributed by atoms with E-state index >= 15 is 0 Å². The maximum atomic E-state index is 13.8. The van der Waals surface area contributed by atoms with Gasteiger partial charge in [0.25, 0.3) is 5.91 Å². The summed E-state index contributed by atoms with van der Waals surface area (Å²) in [6, 6.07) is 2.51. The standard InChI is InChI=1S/C16H21FN2O5/c1-3-23-14(20)8-7-13(16(22)24-4-2)19-15(21)11-6-5-10(18)9-12(11)17/h5-6,9,13H,3-4,7-8,18H2,1-2H3,(H,19,21)/t13-/m0/s1. The lowest BCUT2D eigenvalue weighted by atomic mass is 10.1. The first-order valence-corrected chi connectivity index (χ1v) is 7.57. The molecule has 0 aromatic heterocycles. The molecule has 1 aromatic rings. The minimum Gasteiger partial charge on any atom is -0.466 e. The number of benzene rings is 1. The van der Waals surface area contributed by atoms with E-state index in [0.29, 0.717) is 0 Å². The lowest BCUT2D eigenvalue weighted by Crippen LogP contribution is -2.42. The van der Waals surface area contributed by atoms with Gasteiger partial charge in [0.15, 0.2) is 0 Å². The van der Waals surface area contributed by atoms with Crippen LogP contribution in [0.4, 0.5) is 10.1 Å². The van der Waals surface area contributed by atoms with Crippen LogP contribution in [0.5, 0.6) is 0 Å². The van der Waals surface area contributed by atoms with Crippen LogP contribution in [0, 0.1) is 5.82 Å². The quantitative estimate of drug-likeness (QED) is 0.547. The Balaban J connectivity index is 2.81. The number of carbonyl (C=O) groups excluding carboxylic acids is 3. The zero-order chi connectivity index (χ0) is 18.1. The van der Waals surface area contributed by atoms with Gasteiger partial charge in [0, 0.05) is 12.1 Å². The molecular weight excluding hydrogens is 319 g/mol. The Morgan fingerprint density at radius 2 is 1.88 bits per heavy atom. The van der Waals surface area contributed by atoms with E-state index in [0.717, 1.165) is 6.07 Å². The second kappa shape index (κ2) is 9.49. The third-order valence-electron chi connectivity index (χ3n) is 3.06. The third-order valence-corrected chi connectivity index (χ3v) is 3.06. The van der Waals surface area contributed by atoms with Gasteiger partial charge in [-0.15, -0.1) is 0 Å². The predicted octanol–water partition coefficient (Wildman–Crippen LogP) is 1.41. The number of anilines is 1. The van der Waals surface area contributed by atoms with E-state index in [2.05, 4.69) is 5.32 Å². The molecule has 0 spiro atoms. The summed E-state index contributed by atoms with van der Waals surface area (Å²) in [4.78, 5) is 35.5. The summed E-state index contributed by atoms with van der Waals surface area (Å²) in [6.07, 6.45) is -0.0954. The van der Waals surface area contributed by atoms with Gasteiger partial charge < -0.3 is 20.5 Å². The van der Waals surface area contributed by atoms with Crippen LogP contribution in [0.25, 0.3) is 0 Å². The predicted molar refractivity (Wildman–Crippen MR) is 84.6 cm³/mol. The average molecular weight is 340 g/mol. The highest BCUT2D eigenvalue weighted by Gasteiger charge is 2.25. The Morgan fingerprint density at radius 1 is 1.21 bits per heavy atom. The fraction of sp³-hybridized carbons (Fsp3) is 0.438. The van der Waals surface area contributed by atoms with Crippen molar-refractivity contribution in [2.24, 2.45) is 0 Å². The lowest BCUT2D eigenvalue weighted by Gasteiger charge is -2.17. The Bertz CT molecular complexity index is 606. The van der Waals surface area contributed by atoms with E-state index in [4.69, 9.17) is 15.2 Å². The van der Waals surface area contributed by atoms with E-state index in [9.17, 15) is 18.8 Å².